The number of ether oxygens (including phenoxy) is 1. The van der Waals surface area contributed by atoms with E-state index in [4.69, 9.17) is 4.74 Å². The van der Waals surface area contributed by atoms with Crippen LogP contribution in [0.5, 0.6) is 0 Å². The molecular formula is C22H22N2O5. The van der Waals surface area contributed by atoms with Crippen LogP contribution in [0, 0.1) is 5.92 Å². The number of esters is 1. The van der Waals surface area contributed by atoms with E-state index in [0.29, 0.717) is 16.9 Å². The Hall–Kier alpha value is -3.48. The number of anilines is 2. The number of para-hydroxylation sites is 1. The van der Waals surface area contributed by atoms with Crippen LogP contribution < -0.4 is 10.2 Å². The summed E-state index contributed by atoms with van der Waals surface area (Å²) < 4.78 is 5.02. The summed E-state index contributed by atoms with van der Waals surface area (Å²) in [5.41, 5.74) is 1.70. The van der Waals surface area contributed by atoms with Crippen LogP contribution >= 0.6 is 0 Å². The number of carbonyl (C=O) groups excluding carboxylic acids is 4. The molecule has 0 bridgehead atoms. The minimum absolute atomic E-state index is 0.0533. The molecule has 0 spiro atoms. The summed E-state index contributed by atoms with van der Waals surface area (Å²) in [5.74, 6) is -1.72. The molecule has 2 aromatic rings. The number of nitrogens with zero attached hydrogens (tertiary/aromatic N) is 1. The quantitative estimate of drug-likeness (QED) is 0.600. The second-order valence-electron chi connectivity index (χ2n) is 6.77. The van der Waals surface area contributed by atoms with Crippen LogP contribution in [0.3, 0.4) is 0 Å². The van der Waals surface area contributed by atoms with Gasteiger partial charge in [-0.3, -0.25) is 14.4 Å². The molecule has 7 heteroatoms. The molecule has 0 aromatic heterocycles. The van der Waals surface area contributed by atoms with Crippen LogP contribution in [0.4, 0.5) is 11.4 Å². The lowest BCUT2D eigenvalue weighted by Gasteiger charge is -2.17. The van der Waals surface area contributed by atoms with Gasteiger partial charge in [-0.05, 0) is 38.1 Å². The van der Waals surface area contributed by atoms with Crippen LogP contribution in [-0.4, -0.2) is 36.7 Å². The van der Waals surface area contributed by atoms with Gasteiger partial charge in [-0.15, -0.1) is 0 Å². The van der Waals surface area contributed by atoms with E-state index in [-0.39, 0.29) is 42.7 Å². The molecule has 0 radical (unpaired) electrons. The van der Waals surface area contributed by atoms with E-state index in [9.17, 15) is 19.2 Å². The van der Waals surface area contributed by atoms with Gasteiger partial charge >= 0.3 is 5.97 Å². The molecule has 1 unspecified atom stereocenters. The second-order valence-corrected chi connectivity index (χ2v) is 6.77. The summed E-state index contributed by atoms with van der Waals surface area (Å²) >= 11 is 0. The predicted octanol–water partition coefficient (Wildman–Crippen LogP) is 3.06. The number of nitrogens with one attached hydrogen (secondary N) is 1. The molecule has 2 aromatic carbocycles. The summed E-state index contributed by atoms with van der Waals surface area (Å²) in [5, 5.41) is 2.74. The van der Waals surface area contributed by atoms with Gasteiger partial charge < -0.3 is 15.0 Å². The molecule has 1 aliphatic rings. The van der Waals surface area contributed by atoms with Crippen LogP contribution in [0.2, 0.25) is 0 Å². The molecule has 1 atom stereocenters. The van der Waals surface area contributed by atoms with Gasteiger partial charge in [-0.1, -0.05) is 24.3 Å². The third kappa shape index (κ3) is 4.51. The molecule has 1 heterocycles. The largest absolute Gasteiger partial charge is 0.462 e. The third-order valence-corrected chi connectivity index (χ3v) is 4.74. The molecule has 1 saturated heterocycles. The lowest BCUT2D eigenvalue weighted by molar-refractivity contribution is -0.122. The van der Waals surface area contributed by atoms with Crippen molar-refractivity contribution in [1.82, 2.24) is 0 Å². The van der Waals surface area contributed by atoms with Gasteiger partial charge in [0.1, 0.15) is 0 Å². The summed E-state index contributed by atoms with van der Waals surface area (Å²) in [6.07, 6.45) is 0.0533. The highest BCUT2D eigenvalue weighted by Gasteiger charge is 2.35. The minimum Gasteiger partial charge on any atom is -0.462 e. The summed E-state index contributed by atoms with van der Waals surface area (Å²) in [7, 11) is 0. The molecule has 0 aliphatic carbocycles. The fourth-order valence-electron chi connectivity index (χ4n) is 3.24. The van der Waals surface area contributed by atoms with Gasteiger partial charge in [0.15, 0.2) is 5.78 Å². The monoisotopic (exact) mass is 394 g/mol. The smallest absolute Gasteiger partial charge is 0.340 e. The predicted molar refractivity (Wildman–Crippen MR) is 108 cm³/mol. The Morgan fingerprint density at radius 3 is 2.62 bits per heavy atom. The highest BCUT2D eigenvalue weighted by atomic mass is 16.5. The zero-order valence-electron chi connectivity index (χ0n) is 16.3. The molecule has 1 N–H and O–H groups in total. The van der Waals surface area contributed by atoms with E-state index in [1.54, 1.807) is 55.5 Å². The number of rotatable bonds is 6. The van der Waals surface area contributed by atoms with Gasteiger partial charge in [-0.25, -0.2) is 4.79 Å². The molecule has 29 heavy (non-hydrogen) atoms. The number of hydrogen-bond donors (Lipinski definition) is 1. The normalized spacial score (nSPS) is 15.9. The zero-order valence-corrected chi connectivity index (χ0v) is 16.3. The molecule has 3 rings (SSSR count). The maximum atomic E-state index is 12.7. The average molecular weight is 394 g/mol. The lowest BCUT2D eigenvalue weighted by atomic mass is 10.1. The zero-order chi connectivity index (χ0) is 21.0. The number of carbonyl (C=O) groups is 4. The van der Waals surface area contributed by atoms with Crippen molar-refractivity contribution in [2.75, 3.05) is 23.4 Å². The van der Waals surface area contributed by atoms with Gasteiger partial charge in [-0.2, -0.15) is 0 Å². The topological polar surface area (TPSA) is 92.8 Å². The SMILES string of the molecule is CCOC(=O)c1ccccc1NC(=O)C1CC(=O)N(c2cccc(C(C)=O)c2)C1. The Labute approximate surface area is 168 Å². The van der Waals surface area contributed by atoms with Crippen molar-refractivity contribution < 1.29 is 23.9 Å². The average Bonchev–Trinajstić information content (AvgIpc) is 3.10. The van der Waals surface area contributed by atoms with Gasteiger partial charge in [0.25, 0.3) is 0 Å². The highest BCUT2D eigenvalue weighted by molar-refractivity contribution is 6.06. The molecule has 0 saturated carbocycles. The van der Waals surface area contributed by atoms with Gasteiger partial charge in [0.2, 0.25) is 11.8 Å². The van der Waals surface area contributed by atoms with E-state index in [2.05, 4.69) is 5.32 Å². The van der Waals surface area contributed by atoms with E-state index in [0.717, 1.165) is 0 Å². The second kappa shape index (κ2) is 8.68. The highest BCUT2D eigenvalue weighted by Crippen LogP contribution is 2.27. The molecule has 150 valence electrons. The molecule has 1 fully saturated rings. The van der Waals surface area contributed by atoms with Crippen molar-refractivity contribution in [1.29, 1.82) is 0 Å². The van der Waals surface area contributed by atoms with Crippen LogP contribution in [0.1, 0.15) is 41.0 Å². The molecule has 7 nitrogen and oxygen atoms in total. The first-order chi connectivity index (χ1) is 13.9. The van der Waals surface area contributed by atoms with E-state index >= 15 is 0 Å². The van der Waals surface area contributed by atoms with Crippen LogP contribution in [0.15, 0.2) is 48.5 Å². The summed E-state index contributed by atoms with van der Waals surface area (Å²) in [6, 6.07) is 13.4. The Kier molecular flexibility index (Phi) is 6.07. The first-order valence-corrected chi connectivity index (χ1v) is 9.39. The van der Waals surface area contributed by atoms with Crippen molar-refractivity contribution in [3.05, 3.63) is 59.7 Å². The number of amides is 2. The van der Waals surface area contributed by atoms with Crippen LogP contribution in [-0.2, 0) is 14.3 Å². The fraction of sp³-hybridized carbons (Fsp3) is 0.273. The van der Waals surface area contributed by atoms with E-state index in [1.165, 1.54) is 11.8 Å². The van der Waals surface area contributed by atoms with E-state index < -0.39 is 11.9 Å². The maximum Gasteiger partial charge on any atom is 0.340 e. The molecule has 1 aliphatic heterocycles. The van der Waals surface area contributed by atoms with Gasteiger partial charge in [0, 0.05) is 24.2 Å². The molecule has 2 amide bonds. The van der Waals surface area contributed by atoms with Gasteiger partial charge in [0.05, 0.1) is 23.8 Å². The van der Waals surface area contributed by atoms with Crippen molar-refractivity contribution in [2.24, 2.45) is 5.92 Å². The third-order valence-electron chi connectivity index (χ3n) is 4.74. The number of hydrogen-bond acceptors (Lipinski definition) is 5. The standard InChI is InChI=1S/C22H22N2O5/c1-3-29-22(28)18-9-4-5-10-19(18)23-21(27)16-12-20(26)24(13-16)17-8-6-7-15(11-17)14(2)25/h4-11,16H,3,12-13H2,1-2H3,(H,23,27). The number of Topliss-reactive ketones (excluding diaryl/α,β-unsaturated/α-hetero) is 1. The first-order valence-electron chi connectivity index (χ1n) is 9.39. The summed E-state index contributed by atoms with van der Waals surface area (Å²) in [6.45, 7) is 3.60. The Balaban J connectivity index is 1.74. The van der Waals surface area contributed by atoms with Crippen molar-refractivity contribution in [3.63, 3.8) is 0 Å². The number of ketones is 1. The summed E-state index contributed by atoms with van der Waals surface area (Å²) in [4.78, 5) is 50.4. The van der Waals surface area contributed by atoms with Crippen molar-refractivity contribution in [3.8, 4) is 0 Å². The lowest BCUT2D eigenvalue weighted by Crippen LogP contribution is -2.28. The van der Waals surface area contributed by atoms with E-state index in [1.807, 2.05) is 0 Å². The maximum absolute atomic E-state index is 12.7. The Morgan fingerprint density at radius 2 is 1.90 bits per heavy atom. The van der Waals surface area contributed by atoms with Crippen LogP contribution in [0.25, 0.3) is 0 Å². The Morgan fingerprint density at radius 1 is 1.14 bits per heavy atom. The number of benzene rings is 2. The minimum atomic E-state index is -0.571. The molecular weight excluding hydrogens is 372 g/mol. The first kappa shape index (κ1) is 20.3. The van der Waals surface area contributed by atoms with Crippen molar-refractivity contribution in [2.45, 2.75) is 20.3 Å². The Bertz CT molecular complexity index is 969. The fourth-order valence-corrected chi connectivity index (χ4v) is 3.24. The van der Waals surface area contributed by atoms with Crippen molar-refractivity contribution >= 4 is 34.9 Å².